The smallest absolute Gasteiger partial charge is 0.264 e. The Morgan fingerprint density at radius 3 is 2.04 bits per heavy atom. The first-order valence-electron chi connectivity index (χ1n) is 8.76. The molecule has 1 N–H and O–H groups in total. The Bertz CT molecular complexity index is 840. The first kappa shape index (κ1) is 20.0. The molecule has 6 heteroatoms. The first-order valence-corrected chi connectivity index (χ1v) is 10.2. The molecule has 5 nitrogen and oxygen atoms in total. The Morgan fingerprint density at radius 1 is 1.00 bits per heavy atom. The molecule has 0 heterocycles. The summed E-state index contributed by atoms with van der Waals surface area (Å²) < 4.78 is 26.7. The fourth-order valence-corrected chi connectivity index (χ4v) is 3.79. The number of hydrogen-bond acceptors (Lipinski definition) is 3. The third-order valence-electron chi connectivity index (χ3n) is 4.49. The van der Waals surface area contributed by atoms with Gasteiger partial charge in [0.1, 0.15) is 0 Å². The molecule has 2 aromatic rings. The topological polar surface area (TPSA) is 66.5 Å². The molecule has 0 aliphatic carbocycles. The van der Waals surface area contributed by atoms with E-state index in [1.54, 1.807) is 48.5 Å². The predicted molar refractivity (Wildman–Crippen MR) is 105 cm³/mol. The third-order valence-corrected chi connectivity index (χ3v) is 6.29. The number of nitrogens with zero attached hydrogens (tertiary/aromatic N) is 1. The van der Waals surface area contributed by atoms with Crippen molar-refractivity contribution in [2.75, 3.05) is 11.4 Å². The van der Waals surface area contributed by atoms with Gasteiger partial charge in [-0.05, 0) is 56.2 Å². The number of aryl methyl sites for hydroxylation is 1. The molecule has 0 spiro atoms. The van der Waals surface area contributed by atoms with Crippen LogP contribution >= 0.6 is 0 Å². The van der Waals surface area contributed by atoms with Crippen molar-refractivity contribution in [2.45, 2.75) is 44.6 Å². The lowest BCUT2D eigenvalue weighted by atomic mass is 10.1. The molecular formula is C20H26N2O3S. The van der Waals surface area contributed by atoms with Crippen molar-refractivity contribution in [3.8, 4) is 0 Å². The van der Waals surface area contributed by atoms with E-state index in [0.717, 1.165) is 18.4 Å². The van der Waals surface area contributed by atoms with Gasteiger partial charge in [-0.1, -0.05) is 31.5 Å². The van der Waals surface area contributed by atoms with Crippen LogP contribution in [0.25, 0.3) is 0 Å². The second-order valence-electron chi connectivity index (χ2n) is 6.32. The van der Waals surface area contributed by atoms with E-state index in [9.17, 15) is 13.2 Å². The van der Waals surface area contributed by atoms with Gasteiger partial charge in [-0.3, -0.25) is 9.10 Å². The van der Waals surface area contributed by atoms with Crippen LogP contribution in [0.2, 0.25) is 0 Å². The van der Waals surface area contributed by atoms with Crippen LogP contribution in [-0.4, -0.2) is 27.4 Å². The number of anilines is 1. The summed E-state index contributed by atoms with van der Waals surface area (Å²) >= 11 is 0. The predicted octanol–water partition coefficient (Wildman–Crippen LogP) is 3.74. The highest BCUT2D eigenvalue weighted by atomic mass is 32.2. The average Bonchev–Trinajstić information content (AvgIpc) is 2.65. The standard InChI is InChI=1S/C20H26N2O3S/c1-5-17(6-2)21-20(23)16-9-11-18(12-10-16)22(4)26(24,25)19-13-7-15(3)8-14-19/h7-14,17H,5-6H2,1-4H3,(H,21,23). The van der Waals surface area contributed by atoms with Crippen molar-refractivity contribution in [3.05, 3.63) is 59.7 Å². The second-order valence-corrected chi connectivity index (χ2v) is 8.29. The maximum absolute atomic E-state index is 12.7. The van der Waals surface area contributed by atoms with Gasteiger partial charge < -0.3 is 5.32 Å². The molecule has 0 saturated heterocycles. The first-order chi connectivity index (χ1) is 12.3. The SMILES string of the molecule is CCC(CC)NC(=O)c1ccc(N(C)S(=O)(=O)c2ccc(C)cc2)cc1. The fourth-order valence-electron chi connectivity index (χ4n) is 2.59. The third kappa shape index (κ3) is 4.43. The van der Waals surface area contributed by atoms with E-state index >= 15 is 0 Å². The molecule has 26 heavy (non-hydrogen) atoms. The van der Waals surface area contributed by atoms with Gasteiger partial charge in [0, 0.05) is 18.7 Å². The lowest BCUT2D eigenvalue weighted by Gasteiger charge is -2.20. The molecule has 0 saturated carbocycles. The highest BCUT2D eigenvalue weighted by Gasteiger charge is 2.21. The lowest BCUT2D eigenvalue weighted by molar-refractivity contribution is 0.0935. The average molecular weight is 375 g/mol. The second kappa shape index (κ2) is 8.36. The largest absolute Gasteiger partial charge is 0.349 e. The molecule has 2 aromatic carbocycles. The number of carbonyl (C=O) groups excluding carboxylic acids is 1. The van der Waals surface area contributed by atoms with Crippen LogP contribution < -0.4 is 9.62 Å². The number of benzene rings is 2. The van der Waals surface area contributed by atoms with E-state index in [4.69, 9.17) is 0 Å². The maximum atomic E-state index is 12.7. The van der Waals surface area contributed by atoms with Crippen LogP contribution in [0.4, 0.5) is 5.69 Å². The van der Waals surface area contributed by atoms with Crippen molar-refractivity contribution < 1.29 is 13.2 Å². The lowest BCUT2D eigenvalue weighted by Crippen LogP contribution is -2.33. The fraction of sp³-hybridized carbons (Fsp3) is 0.350. The molecule has 0 aromatic heterocycles. The van der Waals surface area contributed by atoms with Crippen LogP contribution in [0.15, 0.2) is 53.4 Å². The van der Waals surface area contributed by atoms with Crippen LogP contribution in [0.3, 0.4) is 0 Å². The van der Waals surface area contributed by atoms with E-state index < -0.39 is 10.0 Å². The maximum Gasteiger partial charge on any atom is 0.264 e. The monoisotopic (exact) mass is 374 g/mol. The zero-order chi connectivity index (χ0) is 19.3. The van der Waals surface area contributed by atoms with Crippen LogP contribution in [-0.2, 0) is 10.0 Å². The number of sulfonamides is 1. The molecule has 140 valence electrons. The highest BCUT2D eigenvalue weighted by Crippen LogP contribution is 2.22. The van der Waals surface area contributed by atoms with E-state index in [1.165, 1.54) is 11.4 Å². The number of amides is 1. The zero-order valence-corrected chi connectivity index (χ0v) is 16.5. The minimum absolute atomic E-state index is 0.144. The number of carbonyl (C=O) groups is 1. The quantitative estimate of drug-likeness (QED) is 0.803. The minimum Gasteiger partial charge on any atom is -0.349 e. The van der Waals surface area contributed by atoms with Gasteiger partial charge in [0.05, 0.1) is 10.6 Å². The summed E-state index contributed by atoms with van der Waals surface area (Å²) in [7, 11) is -2.13. The molecule has 0 radical (unpaired) electrons. The van der Waals surface area contributed by atoms with Gasteiger partial charge in [0.15, 0.2) is 0 Å². The van der Waals surface area contributed by atoms with E-state index in [2.05, 4.69) is 5.32 Å². The molecule has 0 aliphatic heterocycles. The Balaban J connectivity index is 2.19. The summed E-state index contributed by atoms with van der Waals surface area (Å²) in [5.41, 5.74) is 2.02. The Kier molecular flexibility index (Phi) is 6.42. The molecule has 0 fully saturated rings. The summed E-state index contributed by atoms with van der Waals surface area (Å²) in [5, 5.41) is 2.97. The molecule has 0 aliphatic rings. The van der Waals surface area contributed by atoms with Crippen molar-refractivity contribution in [2.24, 2.45) is 0 Å². The summed E-state index contributed by atoms with van der Waals surface area (Å²) in [6, 6.07) is 13.5. The van der Waals surface area contributed by atoms with E-state index in [-0.39, 0.29) is 16.8 Å². The van der Waals surface area contributed by atoms with Gasteiger partial charge >= 0.3 is 0 Å². The normalized spacial score (nSPS) is 11.4. The summed E-state index contributed by atoms with van der Waals surface area (Å²) in [6.45, 7) is 5.97. The van der Waals surface area contributed by atoms with Gasteiger partial charge in [-0.2, -0.15) is 0 Å². The van der Waals surface area contributed by atoms with Gasteiger partial charge in [0.2, 0.25) is 0 Å². The van der Waals surface area contributed by atoms with Crippen LogP contribution in [0.1, 0.15) is 42.6 Å². The van der Waals surface area contributed by atoms with Crippen molar-refractivity contribution in [1.82, 2.24) is 5.32 Å². The van der Waals surface area contributed by atoms with Crippen molar-refractivity contribution in [3.63, 3.8) is 0 Å². The number of rotatable bonds is 7. The van der Waals surface area contributed by atoms with Crippen LogP contribution in [0.5, 0.6) is 0 Å². The summed E-state index contributed by atoms with van der Waals surface area (Å²) in [4.78, 5) is 12.5. The van der Waals surface area contributed by atoms with Crippen molar-refractivity contribution in [1.29, 1.82) is 0 Å². The molecule has 2 rings (SSSR count). The van der Waals surface area contributed by atoms with E-state index in [1.807, 2.05) is 20.8 Å². The van der Waals surface area contributed by atoms with Crippen molar-refractivity contribution >= 4 is 21.6 Å². The molecular weight excluding hydrogens is 348 g/mol. The van der Waals surface area contributed by atoms with E-state index in [0.29, 0.717) is 11.3 Å². The molecule has 1 amide bonds. The Hall–Kier alpha value is -2.34. The molecule has 0 unspecified atom stereocenters. The van der Waals surface area contributed by atoms with Gasteiger partial charge in [0.25, 0.3) is 15.9 Å². The molecule has 0 atom stereocenters. The Labute approximate surface area is 156 Å². The number of hydrogen-bond donors (Lipinski definition) is 1. The summed E-state index contributed by atoms with van der Waals surface area (Å²) in [6.07, 6.45) is 1.75. The Morgan fingerprint density at radius 2 is 1.54 bits per heavy atom. The zero-order valence-electron chi connectivity index (χ0n) is 15.7. The molecule has 0 bridgehead atoms. The van der Waals surface area contributed by atoms with Crippen LogP contribution in [0, 0.1) is 6.92 Å². The summed E-state index contributed by atoms with van der Waals surface area (Å²) in [5.74, 6) is -0.144. The highest BCUT2D eigenvalue weighted by molar-refractivity contribution is 7.92. The van der Waals surface area contributed by atoms with Gasteiger partial charge in [-0.25, -0.2) is 8.42 Å². The van der Waals surface area contributed by atoms with Gasteiger partial charge in [-0.15, -0.1) is 0 Å². The number of nitrogens with one attached hydrogen (secondary N) is 1. The minimum atomic E-state index is -3.64.